The second-order valence-corrected chi connectivity index (χ2v) is 5.20. The number of carbonyl (C=O) groups is 2. The van der Waals surface area contributed by atoms with Gasteiger partial charge in [-0.2, -0.15) is 0 Å². The van der Waals surface area contributed by atoms with E-state index < -0.39 is 0 Å². The number of anilines is 2. The number of rotatable bonds is 4. The first kappa shape index (κ1) is 16.3. The molecule has 0 heterocycles. The summed E-state index contributed by atoms with van der Waals surface area (Å²) in [6.07, 6.45) is 0. The van der Waals surface area contributed by atoms with E-state index in [9.17, 15) is 9.59 Å². The van der Waals surface area contributed by atoms with Gasteiger partial charge in [0.15, 0.2) is 0 Å². The molecule has 0 fully saturated rings. The molecule has 7 heteroatoms. The summed E-state index contributed by atoms with van der Waals surface area (Å²) in [5.74, 6) is -0.718. The number of carbonyl (C=O) groups excluding carboxylic acids is 2. The van der Waals surface area contributed by atoms with Gasteiger partial charge in [0, 0.05) is 5.56 Å². The molecule has 0 bridgehead atoms. The smallest absolute Gasteiger partial charge is 0.255 e. The Hall–Kier alpha value is -2.08. The minimum Gasteiger partial charge on any atom is -0.323 e. The molecule has 0 unspecified atom stereocenters. The van der Waals surface area contributed by atoms with Crippen molar-refractivity contribution >= 4 is 46.4 Å². The van der Waals surface area contributed by atoms with E-state index in [0.717, 1.165) is 0 Å². The Morgan fingerprint density at radius 1 is 0.955 bits per heavy atom. The van der Waals surface area contributed by atoms with Crippen LogP contribution >= 0.6 is 23.2 Å². The molecule has 22 heavy (non-hydrogen) atoms. The highest BCUT2D eigenvalue weighted by Gasteiger charge is 2.11. The zero-order valence-corrected chi connectivity index (χ0v) is 12.9. The Kier molecular flexibility index (Phi) is 5.38. The fraction of sp³-hybridized carbons (Fsp3) is 0.0667. The molecule has 0 aromatic heterocycles. The second kappa shape index (κ2) is 7.26. The first-order chi connectivity index (χ1) is 10.5. The number of nitrogens with two attached hydrogens (primary N) is 1. The van der Waals surface area contributed by atoms with E-state index in [2.05, 4.69) is 10.6 Å². The molecule has 0 atom stereocenters. The number of hydrogen-bond acceptors (Lipinski definition) is 3. The number of benzene rings is 2. The minimum absolute atomic E-state index is 0.144. The minimum atomic E-state index is -0.368. The number of amides is 2. The third kappa shape index (κ3) is 3.98. The highest BCUT2D eigenvalue weighted by molar-refractivity contribution is 6.42. The third-order valence-electron chi connectivity index (χ3n) is 2.82. The van der Waals surface area contributed by atoms with Crippen molar-refractivity contribution in [2.75, 3.05) is 17.2 Å². The lowest BCUT2D eigenvalue weighted by Crippen LogP contribution is -2.23. The molecule has 0 aliphatic rings. The van der Waals surface area contributed by atoms with Gasteiger partial charge >= 0.3 is 0 Å². The summed E-state index contributed by atoms with van der Waals surface area (Å²) in [6.45, 7) is -0.144. The summed E-state index contributed by atoms with van der Waals surface area (Å²) in [4.78, 5) is 23.6. The van der Waals surface area contributed by atoms with E-state index in [1.54, 1.807) is 36.4 Å². The van der Waals surface area contributed by atoms with Gasteiger partial charge in [-0.15, -0.1) is 0 Å². The van der Waals surface area contributed by atoms with Gasteiger partial charge in [-0.25, -0.2) is 0 Å². The normalized spacial score (nSPS) is 10.1. The fourth-order valence-corrected chi connectivity index (χ4v) is 2.03. The van der Waals surface area contributed by atoms with E-state index in [4.69, 9.17) is 28.9 Å². The molecule has 114 valence electrons. The van der Waals surface area contributed by atoms with Gasteiger partial charge in [-0.05, 0) is 30.3 Å². The second-order valence-electron chi connectivity index (χ2n) is 4.38. The first-order valence-electron chi connectivity index (χ1n) is 6.36. The highest BCUT2D eigenvalue weighted by Crippen LogP contribution is 2.25. The van der Waals surface area contributed by atoms with Crippen LogP contribution in [0.25, 0.3) is 0 Å². The predicted molar refractivity (Wildman–Crippen MR) is 88.5 cm³/mol. The molecule has 2 aromatic carbocycles. The van der Waals surface area contributed by atoms with Gasteiger partial charge in [-0.1, -0.05) is 35.3 Å². The van der Waals surface area contributed by atoms with Crippen LogP contribution in [0.1, 0.15) is 10.4 Å². The first-order valence-corrected chi connectivity index (χ1v) is 7.12. The van der Waals surface area contributed by atoms with Crippen molar-refractivity contribution in [1.82, 2.24) is 0 Å². The molecule has 2 aromatic rings. The van der Waals surface area contributed by atoms with E-state index >= 15 is 0 Å². The zero-order chi connectivity index (χ0) is 16.1. The summed E-state index contributed by atoms with van der Waals surface area (Å²) < 4.78 is 0. The van der Waals surface area contributed by atoms with Crippen LogP contribution in [0.4, 0.5) is 11.4 Å². The predicted octanol–water partition coefficient (Wildman–Crippen LogP) is 3.14. The van der Waals surface area contributed by atoms with Crippen molar-refractivity contribution in [1.29, 1.82) is 0 Å². The average molecular weight is 338 g/mol. The Bertz CT molecular complexity index is 720. The maximum atomic E-state index is 12.2. The lowest BCUT2D eigenvalue weighted by Gasteiger charge is -2.12. The standard InChI is InChI=1S/C15H13Cl2N3O2/c16-10-6-5-9(7-11(10)17)15(22)20-13-4-2-1-3-12(13)19-14(21)8-18/h1-7H,8,18H2,(H,19,21)(H,20,22). The van der Waals surface area contributed by atoms with Crippen LogP contribution in [0.15, 0.2) is 42.5 Å². The largest absolute Gasteiger partial charge is 0.323 e. The Morgan fingerprint density at radius 2 is 1.59 bits per heavy atom. The van der Waals surface area contributed by atoms with E-state index in [-0.39, 0.29) is 18.4 Å². The van der Waals surface area contributed by atoms with Gasteiger partial charge in [0.05, 0.1) is 28.0 Å². The van der Waals surface area contributed by atoms with E-state index in [1.807, 2.05) is 0 Å². The van der Waals surface area contributed by atoms with Crippen LogP contribution in [-0.4, -0.2) is 18.4 Å². The van der Waals surface area contributed by atoms with Crippen molar-refractivity contribution in [3.63, 3.8) is 0 Å². The fourth-order valence-electron chi connectivity index (χ4n) is 1.73. The molecule has 0 spiro atoms. The van der Waals surface area contributed by atoms with Crippen LogP contribution < -0.4 is 16.4 Å². The zero-order valence-electron chi connectivity index (χ0n) is 11.4. The number of nitrogens with one attached hydrogen (secondary N) is 2. The Labute approximate surface area is 137 Å². The molecular formula is C15H13Cl2N3O2. The molecule has 2 rings (SSSR count). The molecule has 0 aliphatic carbocycles. The highest BCUT2D eigenvalue weighted by atomic mass is 35.5. The molecule has 0 saturated heterocycles. The molecule has 4 N–H and O–H groups in total. The van der Waals surface area contributed by atoms with Crippen LogP contribution in [0.2, 0.25) is 10.0 Å². The topological polar surface area (TPSA) is 84.2 Å². The van der Waals surface area contributed by atoms with Gasteiger partial charge in [0.1, 0.15) is 0 Å². The molecule has 0 saturated carbocycles. The Balaban J connectivity index is 2.21. The van der Waals surface area contributed by atoms with Gasteiger partial charge in [-0.3, -0.25) is 9.59 Å². The van der Waals surface area contributed by atoms with Crippen LogP contribution in [0, 0.1) is 0 Å². The van der Waals surface area contributed by atoms with Crippen molar-refractivity contribution in [3.05, 3.63) is 58.1 Å². The van der Waals surface area contributed by atoms with Gasteiger partial charge in [0.2, 0.25) is 5.91 Å². The van der Waals surface area contributed by atoms with Crippen LogP contribution in [0.3, 0.4) is 0 Å². The third-order valence-corrected chi connectivity index (χ3v) is 3.56. The number of hydrogen-bond donors (Lipinski definition) is 3. The summed E-state index contributed by atoms with van der Waals surface area (Å²) in [5.41, 5.74) is 6.55. The molecule has 0 aliphatic heterocycles. The summed E-state index contributed by atoms with van der Waals surface area (Å²) >= 11 is 11.7. The molecular weight excluding hydrogens is 325 g/mol. The van der Waals surface area contributed by atoms with Crippen molar-refractivity contribution in [2.24, 2.45) is 5.73 Å². The van der Waals surface area contributed by atoms with Crippen molar-refractivity contribution in [3.8, 4) is 0 Å². The quantitative estimate of drug-likeness (QED) is 0.801. The number of halogens is 2. The monoisotopic (exact) mass is 337 g/mol. The van der Waals surface area contributed by atoms with Crippen LogP contribution in [-0.2, 0) is 4.79 Å². The number of para-hydroxylation sites is 2. The van der Waals surface area contributed by atoms with Crippen molar-refractivity contribution < 1.29 is 9.59 Å². The van der Waals surface area contributed by atoms with Crippen molar-refractivity contribution in [2.45, 2.75) is 0 Å². The summed E-state index contributed by atoms with van der Waals surface area (Å²) in [6, 6.07) is 11.4. The lowest BCUT2D eigenvalue weighted by atomic mass is 10.2. The van der Waals surface area contributed by atoms with Gasteiger partial charge < -0.3 is 16.4 Å². The van der Waals surface area contributed by atoms with Crippen LogP contribution in [0.5, 0.6) is 0 Å². The van der Waals surface area contributed by atoms with E-state index in [1.165, 1.54) is 6.07 Å². The Morgan fingerprint density at radius 3 is 2.18 bits per heavy atom. The summed E-state index contributed by atoms with van der Waals surface area (Å²) in [5, 5.41) is 5.98. The molecule has 2 amide bonds. The molecule has 5 nitrogen and oxygen atoms in total. The lowest BCUT2D eigenvalue weighted by molar-refractivity contribution is -0.114. The SMILES string of the molecule is NCC(=O)Nc1ccccc1NC(=O)c1ccc(Cl)c(Cl)c1. The van der Waals surface area contributed by atoms with Gasteiger partial charge in [0.25, 0.3) is 5.91 Å². The summed E-state index contributed by atoms with van der Waals surface area (Å²) in [7, 11) is 0. The maximum absolute atomic E-state index is 12.2. The average Bonchev–Trinajstić information content (AvgIpc) is 2.51. The molecule has 0 radical (unpaired) electrons. The van der Waals surface area contributed by atoms with E-state index in [0.29, 0.717) is 27.0 Å². The maximum Gasteiger partial charge on any atom is 0.255 e.